The average Bonchev–Trinajstić information content (AvgIpc) is 2.99. The van der Waals surface area contributed by atoms with Gasteiger partial charge in [-0.2, -0.15) is 35.5 Å². The van der Waals surface area contributed by atoms with Gasteiger partial charge in [-0.15, -0.1) is 0 Å². The quantitative estimate of drug-likeness (QED) is 0.0877. The Kier molecular flexibility index (Phi) is 12.3. The van der Waals surface area contributed by atoms with Crippen LogP contribution in [0.2, 0.25) is 0 Å². The lowest BCUT2D eigenvalue weighted by Gasteiger charge is -2.51. The summed E-state index contributed by atoms with van der Waals surface area (Å²) in [5.74, 6) is -3.59. The minimum atomic E-state index is -4.88. The van der Waals surface area contributed by atoms with Gasteiger partial charge in [0.2, 0.25) is 0 Å². The maximum atomic E-state index is 12.6. The van der Waals surface area contributed by atoms with Gasteiger partial charge in [0.05, 0.1) is 28.6 Å². The second-order valence-electron chi connectivity index (χ2n) is 14.6. The summed E-state index contributed by atoms with van der Waals surface area (Å²) in [5.41, 5.74) is 0. The second kappa shape index (κ2) is 15.5. The minimum Gasteiger partial charge on any atom is -0.481 e. The third-order valence-electron chi connectivity index (χ3n) is 11.1. The van der Waals surface area contributed by atoms with Gasteiger partial charge in [-0.1, -0.05) is 13.3 Å². The molecule has 1 aliphatic heterocycles. The molecular formula is C27H49N7O13S3. The standard InChI is InChI=1S/C27H49N7O13S3/c1-12-5-6-18(17(7-12)24(36)37)33-34-22-20(50(45,46)47)9-13-8-16(49(42,43)44)11-19(21(13)23(22)35)29-26-30-25(31-27(38)32-26)28-14-3-2-4-15(10-14)48(39,40)41/h12-23,25-32,35,38H,2-11H2,1H3,(H,36,37)(H,39,40,41)(H,42,43,44)(H,45,46,47). The van der Waals surface area contributed by atoms with Crippen LogP contribution in [0.3, 0.4) is 0 Å². The number of hydrogen-bond acceptors (Lipinski definition) is 16. The number of rotatable bonds is 10. The smallest absolute Gasteiger partial charge is 0.308 e. The molecule has 15 atom stereocenters. The molecule has 0 spiro atoms. The van der Waals surface area contributed by atoms with Crippen LogP contribution in [0.15, 0.2) is 10.2 Å². The van der Waals surface area contributed by atoms with Crippen molar-refractivity contribution < 1.29 is 59.0 Å². The van der Waals surface area contributed by atoms with Crippen molar-refractivity contribution in [1.29, 1.82) is 0 Å². The van der Waals surface area contributed by atoms with E-state index >= 15 is 0 Å². The van der Waals surface area contributed by atoms with Gasteiger partial charge in [0, 0.05) is 18.0 Å². The first-order valence-electron chi connectivity index (χ1n) is 16.9. The van der Waals surface area contributed by atoms with E-state index in [4.69, 9.17) is 0 Å². The first kappa shape index (κ1) is 39.7. The molecule has 5 fully saturated rings. The summed E-state index contributed by atoms with van der Waals surface area (Å²) in [6.45, 7) is 1.91. The van der Waals surface area contributed by atoms with E-state index in [9.17, 15) is 59.0 Å². The highest BCUT2D eigenvalue weighted by molar-refractivity contribution is 7.87. The van der Waals surface area contributed by atoms with Crippen molar-refractivity contribution in [2.24, 2.45) is 33.9 Å². The number of aliphatic carboxylic acids is 1. The molecule has 4 aliphatic carbocycles. The fourth-order valence-corrected chi connectivity index (χ4v) is 11.6. The molecule has 50 heavy (non-hydrogen) atoms. The Balaban J connectivity index is 1.37. The topological polar surface area (TPSA) is 326 Å². The number of aliphatic hydroxyl groups excluding tert-OH is 2. The molecule has 4 saturated carbocycles. The molecular weight excluding hydrogens is 727 g/mol. The predicted octanol–water partition coefficient (Wildman–Crippen LogP) is -1.63. The van der Waals surface area contributed by atoms with Crippen LogP contribution >= 0.6 is 0 Å². The molecule has 5 rings (SSSR count). The van der Waals surface area contributed by atoms with Crippen molar-refractivity contribution in [3.8, 4) is 0 Å². The van der Waals surface area contributed by atoms with Crippen LogP contribution in [-0.4, -0.2) is 125 Å². The summed E-state index contributed by atoms with van der Waals surface area (Å²) in [5, 5.41) is 51.4. The number of azo groups is 1. The number of fused-ring (bicyclic) bond motifs is 1. The third-order valence-corrected chi connectivity index (χ3v) is 14.8. The largest absolute Gasteiger partial charge is 0.481 e. The highest BCUT2D eigenvalue weighted by Gasteiger charge is 2.56. The van der Waals surface area contributed by atoms with Crippen molar-refractivity contribution in [1.82, 2.24) is 26.6 Å². The van der Waals surface area contributed by atoms with Gasteiger partial charge < -0.3 is 15.3 Å². The molecule has 1 heterocycles. The number of hydrogen-bond donors (Lipinski definition) is 11. The first-order chi connectivity index (χ1) is 23.2. The first-order valence-corrected chi connectivity index (χ1v) is 21.4. The van der Waals surface area contributed by atoms with Crippen molar-refractivity contribution in [3.05, 3.63) is 0 Å². The zero-order valence-corrected chi connectivity index (χ0v) is 29.8. The average molecular weight is 776 g/mol. The molecule has 288 valence electrons. The van der Waals surface area contributed by atoms with Gasteiger partial charge in [-0.3, -0.25) is 45.0 Å². The van der Waals surface area contributed by atoms with E-state index in [-0.39, 0.29) is 37.6 Å². The summed E-state index contributed by atoms with van der Waals surface area (Å²) in [6, 6.07) is -3.63. The van der Waals surface area contributed by atoms with Gasteiger partial charge >= 0.3 is 5.97 Å². The van der Waals surface area contributed by atoms with Crippen LogP contribution in [0.4, 0.5) is 0 Å². The minimum absolute atomic E-state index is 0.118. The number of carboxylic acids is 1. The lowest BCUT2D eigenvalue weighted by atomic mass is 9.65. The Labute approximate surface area is 291 Å². The number of carboxylic acid groups (broad SMARTS) is 1. The van der Waals surface area contributed by atoms with E-state index in [0.29, 0.717) is 38.5 Å². The zero-order chi connectivity index (χ0) is 36.8. The van der Waals surface area contributed by atoms with Crippen LogP contribution in [-0.2, 0) is 35.1 Å². The summed E-state index contributed by atoms with van der Waals surface area (Å²) < 4.78 is 103. The third kappa shape index (κ3) is 9.54. The van der Waals surface area contributed by atoms with E-state index in [2.05, 4.69) is 36.8 Å². The molecule has 5 aliphatic rings. The second-order valence-corrected chi connectivity index (χ2v) is 19.6. The van der Waals surface area contributed by atoms with Crippen molar-refractivity contribution in [2.45, 2.75) is 136 Å². The van der Waals surface area contributed by atoms with Crippen molar-refractivity contribution in [3.63, 3.8) is 0 Å². The number of nitrogens with one attached hydrogen (secondary N) is 5. The van der Waals surface area contributed by atoms with Gasteiger partial charge in [0.1, 0.15) is 23.9 Å². The fourth-order valence-electron chi connectivity index (χ4n) is 8.65. The zero-order valence-electron chi connectivity index (χ0n) is 27.4. The highest BCUT2D eigenvalue weighted by atomic mass is 32.2. The Morgan fingerprint density at radius 2 is 1.40 bits per heavy atom. The van der Waals surface area contributed by atoms with E-state index in [1.54, 1.807) is 0 Å². The molecule has 0 aromatic heterocycles. The molecule has 0 bridgehead atoms. The number of carbonyl (C=O) groups is 1. The molecule has 15 unspecified atom stereocenters. The predicted molar refractivity (Wildman–Crippen MR) is 175 cm³/mol. The van der Waals surface area contributed by atoms with E-state index in [1.807, 2.05) is 6.92 Å². The lowest BCUT2D eigenvalue weighted by Crippen LogP contribution is -2.77. The van der Waals surface area contributed by atoms with Crippen LogP contribution < -0.4 is 26.6 Å². The van der Waals surface area contributed by atoms with Gasteiger partial charge in [0.15, 0.2) is 6.35 Å². The van der Waals surface area contributed by atoms with Gasteiger partial charge in [-0.05, 0) is 69.6 Å². The van der Waals surface area contributed by atoms with E-state index in [0.717, 1.165) is 0 Å². The SMILES string of the molecule is CC1CCC(N=NC2C(O)C3C(CC(S(=O)(=O)O)CC3NC3NC(O)NC(NC4CCCC(S(=O)(=O)O)C4)N3)CC2S(=O)(=O)O)C(C(=O)O)C1. The maximum absolute atomic E-state index is 12.6. The van der Waals surface area contributed by atoms with Crippen molar-refractivity contribution >= 4 is 36.3 Å². The number of aliphatic hydroxyl groups is 2. The van der Waals surface area contributed by atoms with Crippen LogP contribution in [0, 0.1) is 23.7 Å². The van der Waals surface area contributed by atoms with E-state index in [1.165, 1.54) is 0 Å². The summed E-state index contributed by atoms with van der Waals surface area (Å²) >= 11 is 0. The van der Waals surface area contributed by atoms with Crippen LogP contribution in [0.1, 0.15) is 71.1 Å². The normalized spacial score (nSPS) is 43.7. The number of nitrogens with zero attached hydrogens (tertiary/aromatic N) is 2. The molecule has 20 nitrogen and oxygen atoms in total. The molecule has 23 heteroatoms. The highest BCUT2D eigenvalue weighted by Crippen LogP contribution is 2.45. The monoisotopic (exact) mass is 775 g/mol. The van der Waals surface area contributed by atoms with Gasteiger partial charge in [0.25, 0.3) is 30.4 Å². The molecule has 0 aromatic carbocycles. The fraction of sp³-hybridized carbons (Fsp3) is 0.963. The van der Waals surface area contributed by atoms with Crippen LogP contribution in [0.25, 0.3) is 0 Å². The van der Waals surface area contributed by atoms with Gasteiger partial charge in [-0.25, -0.2) is 0 Å². The van der Waals surface area contributed by atoms with Crippen molar-refractivity contribution in [2.75, 3.05) is 0 Å². The summed E-state index contributed by atoms with van der Waals surface area (Å²) in [6.07, 6.45) is -2.67. The Bertz CT molecular complexity index is 1590. The molecule has 0 amide bonds. The molecule has 0 radical (unpaired) electrons. The maximum Gasteiger partial charge on any atom is 0.308 e. The summed E-state index contributed by atoms with van der Waals surface area (Å²) in [4.78, 5) is 12.0. The molecule has 1 saturated heterocycles. The van der Waals surface area contributed by atoms with E-state index < -0.39 is 113 Å². The summed E-state index contributed by atoms with van der Waals surface area (Å²) in [7, 11) is -13.8. The Hall–Kier alpha value is -1.48. The van der Waals surface area contributed by atoms with Crippen LogP contribution in [0.5, 0.6) is 0 Å². The molecule has 11 N–H and O–H groups in total. The lowest BCUT2D eigenvalue weighted by molar-refractivity contribution is -0.144. The Morgan fingerprint density at radius 3 is 2.02 bits per heavy atom. The Morgan fingerprint density at radius 1 is 0.740 bits per heavy atom. The molecule has 0 aromatic rings.